The lowest BCUT2D eigenvalue weighted by Gasteiger charge is -2.30. The summed E-state index contributed by atoms with van der Waals surface area (Å²) >= 11 is 0. The van der Waals surface area contributed by atoms with Crippen molar-refractivity contribution in [3.05, 3.63) is 41.2 Å². The number of nitrogens with one attached hydrogen (secondary N) is 2. The minimum Gasteiger partial charge on any atom is -0.347 e. The van der Waals surface area contributed by atoms with Gasteiger partial charge in [0.2, 0.25) is 11.8 Å². The Kier molecular flexibility index (Phi) is 4.94. The summed E-state index contributed by atoms with van der Waals surface area (Å²) in [7, 11) is 0. The van der Waals surface area contributed by atoms with E-state index in [0.717, 1.165) is 38.0 Å². The predicted molar refractivity (Wildman–Crippen MR) is 118 cm³/mol. The van der Waals surface area contributed by atoms with E-state index in [1.807, 2.05) is 6.07 Å². The molecule has 3 saturated heterocycles. The van der Waals surface area contributed by atoms with Crippen molar-refractivity contribution in [2.45, 2.75) is 44.3 Å². The Balaban J connectivity index is 1.16. The van der Waals surface area contributed by atoms with E-state index in [2.05, 4.69) is 25.8 Å². The van der Waals surface area contributed by atoms with Gasteiger partial charge in [0, 0.05) is 37.7 Å². The number of piperidine rings is 2. The largest absolute Gasteiger partial charge is 0.347 e. The van der Waals surface area contributed by atoms with E-state index in [0.29, 0.717) is 23.6 Å². The van der Waals surface area contributed by atoms with Crippen LogP contribution in [-0.2, 0) is 16.1 Å². The molecule has 1 aromatic heterocycles. The lowest BCUT2D eigenvalue weighted by atomic mass is 9.94. The third-order valence-electron chi connectivity index (χ3n) is 7.45. The minimum atomic E-state index is -0.658. The highest BCUT2D eigenvalue weighted by Gasteiger charge is 2.39. The van der Waals surface area contributed by atoms with Gasteiger partial charge in [-0.25, -0.2) is 4.68 Å². The van der Waals surface area contributed by atoms with Crippen LogP contribution in [0, 0.1) is 5.92 Å². The van der Waals surface area contributed by atoms with Crippen LogP contribution < -0.4 is 10.6 Å². The van der Waals surface area contributed by atoms with Crippen LogP contribution in [0.1, 0.15) is 52.1 Å². The fraction of sp³-hybridized carbons (Fsp3) is 0.478. The van der Waals surface area contributed by atoms with Crippen molar-refractivity contribution in [2.24, 2.45) is 5.92 Å². The molecule has 11 heteroatoms. The molecule has 2 aromatic rings. The lowest BCUT2D eigenvalue weighted by molar-refractivity contribution is -0.136. The Labute approximate surface area is 195 Å². The second-order valence-corrected chi connectivity index (χ2v) is 9.51. The van der Waals surface area contributed by atoms with Crippen LogP contribution >= 0.6 is 0 Å². The van der Waals surface area contributed by atoms with Crippen LogP contribution in [0.4, 0.5) is 0 Å². The van der Waals surface area contributed by atoms with Gasteiger partial charge in [-0.2, -0.15) is 0 Å². The monoisotopic (exact) mass is 463 g/mol. The van der Waals surface area contributed by atoms with Crippen LogP contribution in [0.5, 0.6) is 0 Å². The third kappa shape index (κ3) is 3.56. The van der Waals surface area contributed by atoms with Crippen LogP contribution in [0.25, 0.3) is 5.69 Å². The van der Waals surface area contributed by atoms with E-state index in [1.54, 1.807) is 18.3 Å². The molecule has 34 heavy (non-hydrogen) atoms. The highest BCUT2D eigenvalue weighted by atomic mass is 16.2. The molecule has 0 aliphatic carbocycles. The minimum absolute atomic E-state index is 0.167. The summed E-state index contributed by atoms with van der Waals surface area (Å²) < 4.78 is 1.52. The predicted octanol–water partition coefficient (Wildman–Crippen LogP) is -0.148. The maximum Gasteiger partial charge on any atom is 0.273 e. The second kappa shape index (κ2) is 8.01. The molecule has 0 radical (unpaired) electrons. The number of benzene rings is 1. The molecule has 2 bridgehead atoms. The van der Waals surface area contributed by atoms with Gasteiger partial charge in [0.25, 0.3) is 11.8 Å². The first kappa shape index (κ1) is 21.0. The molecule has 5 heterocycles. The van der Waals surface area contributed by atoms with Gasteiger partial charge in [-0.15, -0.1) is 5.10 Å². The number of amides is 4. The molecule has 1 aromatic carbocycles. The second-order valence-electron chi connectivity index (χ2n) is 9.51. The zero-order valence-corrected chi connectivity index (χ0v) is 18.6. The van der Waals surface area contributed by atoms with Gasteiger partial charge in [0.15, 0.2) is 5.69 Å². The lowest BCUT2D eigenvalue weighted by Crippen LogP contribution is -2.52. The topological polar surface area (TPSA) is 130 Å². The summed E-state index contributed by atoms with van der Waals surface area (Å²) in [5.41, 5.74) is 2.21. The van der Waals surface area contributed by atoms with Crippen molar-refractivity contribution in [1.29, 1.82) is 0 Å². The van der Waals surface area contributed by atoms with E-state index in [1.165, 1.54) is 9.58 Å². The van der Waals surface area contributed by atoms with Crippen LogP contribution in [0.15, 0.2) is 24.4 Å². The molecule has 4 atom stereocenters. The number of imide groups is 1. The van der Waals surface area contributed by atoms with Gasteiger partial charge < -0.3 is 15.1 Å². The summed E-state index contributed by atoms with van der Waals surface area (Å²) in [4.78, 5) is 53.3. The molecule has 4 aliphatic heterocycles. The molecular weight excluding hydrogens is 438 g/mol. The fourth-order valence-electron chi connectivity index (χ4n) is 5.58. The average molecular weight is 463 g/mol. The average Bonchev–Trinajstić information content (AvgIpc) is 3.54. The Bertz CT molecular complexity index is 1210. The molecule has 2 N–H and O–H groups in total. The fourth-order valence-corrected chi connectivity index (χ4v) is 5.58. The van der Waals surface area contributed by atoms with Crippen molar-refractivity contribution in [3.63, 3.8) is 0 Å². The summed E-state index contributed by atoms with van der Waals surface area (Å²) in [6.07, 6.45) is 4.19. The number of carbonyl (C=O) groups is 4. The molecule has 3 fully saturated rings. The number of nitrogens with zero attached hydrogens (tertiary/aromatic N) is 5. The molecule has 4 amide bonds. The number of carbonyl (C=O) groups excluding carboxylic acids is 4. The third-order valence-corrected chi connectivity index (χ3v) is 7.45. The number of aromatic nitrogens is 3. The van der Waals surface area contributed by atoms with Crippen molar-refractivity contribution in [1.82, 2.24) is 35.4 Å². The van der Waals surface area contributed by atoms with Crippen molar-refractivity contribution in [3.8, 4) is 5.69 Å². The van der Waals surface area contributed by atoms with Crippen molar-refractivity contribution < 1.29 is 19.2 Å². The highest BCUT2D eigenvalue weighted by molar-refractivity contribution is 6.05. The Morgan fingerprint density at radius 3 is 2.82 bits per heavy atom. The van der Waals surface area contributed by atoms with Gasteiger partial charge in [-0.3, -0.25) is 24.5 Å². The smallest absolute Gasteiger partial charge is 0.273 e. The van der Waals surface area contributed by atoms with E-state index in [9.17, 15) is 19.2 Å². The quantitative estimate of drug-likeness (QED) is 0.604. The number of hydrogen-bond donors (Lipinski definition) is 2. The van der Waals surface area contributed by atoms with Gasteiger partial charge in [0.05, 0.1) is 11.9 Å². The molecular formula is C23H25N7O4. The number of rotatable bonds is 4. The van der Waals surface area contributed by atoms with Crippen LogP contribution in [-0.4, -0.2) is 80.1 Å². The molecule has 4 aliphatic rings. The van der Waals surface area contributed by atoms with Gasteiger partial charge in [0.1, 0.15) is 6.04 Å². The van der Waals surface area contributed by atoms with E-state index in [4.69, 9.17) is 0 Å². The Hall–Kier alpha value is -3.60. The molecule has 11 nitrogen and oxygen atoms in total. The summed E-state index contributed by atoms with van der Waals surface area (Å²) in [5, 5.41) is 13.6. The van der Waals surface area contributed by atoms with Gasteiger partial charge >= 0.3 is 0 Å². The maximum absolute atomic E-state index is 12.9. The maximum atomic E-state index is 12.9. The van der Waals surface area contributed by atoms with Gasteiger partial charge in [-0.1, -0.05) is 5.21 Å². The zero-order valence-electron chi connectivity index (χ0n) is 18.6. The zero-order chi connectivity index (χ0) is 23.4. The normalized spacial score (nSPS) is 28.1. The Morgan fingerprint density at radius 2 is 1.97 bits per heavy atom. The highest BCUT2D eigenvalue weighted by Crippen LogP contribution is 2.29. The molecule has 4 unspecified atom stereocenters. The van der Waals surface area contributed by atoms with Crippen molar-refractivity contribution >= 4 is 23.6 Å². The van der Waals surface area contributed by atoms with E-state index < -0.39 is 11.9 Å². The first-order valence-electron chi connectivity index (χ1n) is 11.7. The van der Waals surface area contributed by atoms with Crippen LogP contribution in [0.2, 0.25) is 0 Å². The van der Waals surface area contributed by atoms with Crippen LogP contribution in [0.3, 0.4) is 0 Å². The number of fused-ring (bicyclic) bond motifs is 3. The molecule has 6 rings (SSSR count). The SMILES string of the molecule is O=C1CCC(N2Cc3cc(-n4cc(C(=O)NC5CCN6CCC5C6)nn4)ccc3C2=O)C(=O)N1. The van der Waals surface area contributed by atoms with E-state index in [-0.39, 0.29) is 42.4 Å². The van der Waals surface area contributed by atoms with Gasteiger partial charge in [-0.05, 0) is 55.5 Å². The summed E-state index contributed by atoms with van der Waals surface area (Å²) in [6.45, 7) is 3.44. The summed E-state index contributed by atoms with van der Waals surface area (Å²) in [5.74, 6) is -0.709. The first-order chi connectivity index (χ1) is 16.5. The number of hydrogen-bond acceptors (Lipinski definition) is 7. The molecule has 0 spiro atoms. The van der Waals surface area contributed by atoms with Crippen molar-refractivity contribution in [2.75, 3.05) is 19.6 Å². The Morgan fingerprint density at radius 1 is 1.12 bits per heavy atom. The standard InChI is InChI=1S/C23H25N7O4/c31-20-4-3-19(22(33)25-20)29-11-14-9-15(1-2-16(14)23(29)34)30-12-18(26-27-30)21(32)24-17-6-8-28-7-5-13(17)10-28/h1-2,9,12-13,17,19H,3-8,10-11H2,(H,24,32)(H,25,31,33). The molecule has 176 valence electrons. The van der Waals surface area contributed by atoms with E-state index >= 15 is 0 Å². The first-order valence-corrected chi connectivity index (χ1v) is 11.7. The summed E-state index contributed by atoms with van der Waals surface area (Å²) in [6, 6.07) is 4.78. The molecule has 0 saturated carbocycles.